The highest BCUT2D eigenvalue weighted by Crippen LogP contribution is 2.38. The Hall–Kier alpha value is -6.53. The Morgan fingerprint density at radius 1 is 0.641 bits per heavy atom. The van der Waals surface area contributed by atoms with Crippen LogP contribution in [-0.4, -0.2) is 216 Å². The average molecular weight is 1320 g/mol. The van der Waals surface area contributed by atoms with Crippen LogP contribution < -0.4 is 21.3 Å². The van der Waals surface area contributed by atoms with E-state index in [1.165, 1.54) is 65.8 Å². The number of rotatable bonds is 10. The lowest BCUT2D eigenvalue weighted by Gasteiger charge is -2.40. The lowest BCUT2D eigenvalue weighted by molar-refractivity contribution is -0.150. The van der Waals surface area contributed by atoms with Crippen molar-refractivity contribution in [3.8, 4) is 0 Å². The Labute approximate surface area is 545 Å². The van der Waals surface area contributed by atoms with Gasteiger partial charge in [-0.3, -0.25) is 52.7 Å². The summed E-state index contributed by atoms with van der Waals surface area (Å²) in [5.41, 5.74) is -2.22. The van der Waals surface area contributed by atoms with Gasteiger partial charge in [0.1, 0.15) is 41.8 Å². The third kappa shape index (κ3) is 19.1. The molecule has 5 aliphatic rings. The molecule has 8 atom stereocenters. The number of alkyl halides is 3. The van der Waals surface area contributed by atoms with E-state index in [2.05, 4.69) is 21.3 Å². The molecule has 3 saturated carbocycles. The Bertz CT molecular complexity index is 2830. The fourth-order valence-corrected chi connectivity index (χ4v) is 14.4. The quantitative estimate of drug-likeness (QED) is 0.221. The topological polar surface area (TPSA) is 259 Å². The van der Waals surface area contributed by atoms with Crippen LogP contribution in [0.15, 0.2) is 18.2 Å². The largest absolute Gasteiger partial charge is 0.417 e. The van der Waals surface area contributed by atoms with Gasteiger partial charge in [0.05, 0.1) is 30.2 Å². The fraction of sp³-hybridized carbons (Fsp3) is 0.742. The second kappa shape index (κ2) is 33.0. The summed E-state index contributed by atoms with van der Waals surface area (Å²) in [6.07, 6.45) is 5.10. The standard InChI is InChI=1S/C66H101ClF3N11O11/c1-12-41(4)56-63(91)77(8)38-54(84)75(6)39-55(85)79(10)51(36-43-21-14-13-15-22-43)62(90)76(7)37-52(82)72-48(29-27-44-26-28-46(47(67)35-44)66(68,69)70)61(89)81-32-20-25-49(81)59(87)74-65(30-18-19-31-65)64(92)80(11)57(45-23-16-17-24-45)60(88)71-42(5)34-53(83)78(9)50(33-40(2)3)58(86)73-56/h26,28,35,40-43,45,48-51,56-57H,12-25,27,29-34,36-39H2,1-11H3,(H,71,88)(H,72,82)(H,73,86)(H,74,87)/t41-,42+,48-,49-,50-,51-,56-,57-/m0/s1. The first-order chi connectivity index (χ1) is 43.3. The molecule has 92 heavy (non-hydrogen) atoms. The van der Waals surface area contributed by atoms with Crippen molar-refractivity contribution < 1.29 is 65.9 Å². The molecule has 0 aromatic heterocycles. The van der Waals surface area contributed by atoms with Gasteiger partial charge in [0.2, 0.25) is 65.0 Å². The number of carbonyl (C=O) groups is 11. The van der Waals surface area contributed by atoms with Crippen LogP contribution in [0.3, 0.4) is 0 Å². The minimum Gasteiger partial charge on any atom is -0.351 e. The minimum absolute atomic E-state index is 0.0356. The molecule has 1 aromatic carbocycles. The number of fused-ring (bicyclic) bond motifs is 1. The monoisotopic (exact) mass is 1320 g/mol. The number of benzene rings is 1. The summed E-state index contributed by atoms with van der Waals surface area (Å²) >= 11 is 6.13. The summed E-state index contributed by atoms with van der Waals surface area (Å²) in [4.78, 5) is 169. The van der Waals surface area contributed by atoms with Crippen molar-refractivity contribution in [3.05, 3.63) is 34.3 Å². The fourth-order valence-electron chi connectivity index (χ4n) is 14.1. The van der Waals surface area contributed by atoms with Crippen LogP contribution in [0.2, 0.25) is 5.02 Å². The molecule has 3 aliphatic carbocycles. The molecule has 2 saturated heterocycles. The molecule has 6 rings (SSSR count). The molecule has 4 N–H and O–H groups in total. The van der Waals surface area contributed by atoms with Gasteiger partial charge in [0, 0.05) is 61.3 Å². The maximum atomic E-state index is 15.2. The Kier molecular flexibility index (Phi) is 26.8. The highest BCUT2D eigenvalue weighted by atomic mass is 35.5. The number of aryl methyl sites for hydroxylation is 1. The van der Waals surface area contributed by atoms with Gasteiger partial charge >= 0.3 is 6.18 Å². The van der Waals surface area contributed by atoms with Gasteiger partial charge in [-0.25, -0.2) is 0 Å². The van der Waals surface area contributed by atoms with E-state index in [1.807, 2.05) is 20.8 Å². The molecule has 514 valence electrons. The Morgan fingerprint density at radius 2 is 1.25 bits per heavy atom. The van der Waals surface area contributed by atoms with Crippen molar-refractivity contribution in [1.82, 2.24) is 55.6 Å². The van der Waals surface area contributed by atoms with E-state index >= 15 is 9.59 Å². The number of amides is 11. The van der Waals surface area contributed by atoms with Crippen molar-refractivity contribution in [1.29, 1.82) is 0 Å². The molecule has 2 aliphatic heterocycles. The average Bonchev–Trinajstić information content (AvgIpc) is 1.56. The minimum atomic E-state index is -4.74. The molecule has 0 unspecified atom stereocenters. The van der Waals surface area contributed by atoms with Gasteiger partial charge in [0.25, 0.3) is 0 Å². The first-order valence-corrected chi connectivity index (χ1v) is 33.6. The van der Waals surface area contributed by atoms with Crippen LogP contribution in [0.4, 0.5) is 13.2 Å². The number of nitrogens with one attached hydrogen (secondary N) is 4. The first kappa shape index (κ1) is 74.5. The SMILES string of the molecule is CC[C@H](C)[C@@H]1NC(=O)[C@H](CC(C)C)N(C)C(=O)C[C@@H](C)NC(=O)[C@H](C2CCCC2)N(C)C(=O)C2(CCCC2)NC(=O)[C@@H]2CCCN2C(=O)[C@H](CCc2ccc(C(F)(F)F)c(Cl)c2)NC(=O)CN(C)C(=O)[C@H](CC2CCCCC2)N(C)C(=O)CN(C)C(=O)CN(C)C1=O. The zero-order chi connectivity index (χ0) is 68.1. The number of halogens is 4. The summed E-state index contributed by atoms with van der Waals surface area (Å²) in [6, 6.07) is -4.43. The van der Waals surface area contributed by atoms with Gasteiger partial charge in [-0.2, -0.15) is 13.2 Å². The number of carbonyl (C=O) groups excluding carboxylic acids is 11. The molecule has 0 bridgehead atoms. The van der Waals surface area contributed by atoms with Gasteiger partial charge in [-0.1, -0.05) is 110 Å². The van der Waals surface area contributed by atoms with Gasteiger partial charge in [-0.05, 0) is 112 Å². The van der Waals surface area contributed by atoms with Crippen LogP contribution >= 0.6 is 11.6 Å². The van der Waals surface area contributed by atoms with Crippen molar-refractivity contribution in [3.63, 3.8) is 0 Å². The molecule has 2 heterocycles. The first-order valence-electron chi connectivity index (χ1n) is 33.2. The second-order valence-electron chi connectivity index (χ2n) is 27.4. The second-order valence-corrected chi connectivity index (χ2v) is 27.8. The molecule has 11 amide bonds. The van der Waals surface area contributed by atoms with Crippen LogP contribution in [0.25, 0.3) is 0 Å². The number of nitrogens with zero attached hydrogens (tertiary/aromatic N) is 7. The van der Waals surface area contributed by atoms with Crippen LogP contribution in [-0.2, 0) is 65.3 Å². The Balaban J connectivity index is 1.37. The predicted molar refractivity (Wildman–Crippen MR) is 340 cm³/mol. The van der Waals surface area contributed by atoms with E-state index in [0.29, 0.717) is 44.1 Å². The third-order valence-corrected chi connectivity index (χ3v) is 20.2. The number of likely N-dealkylation sites (N-methyl/N-ethyl adjacent to an activating group) is 6. The maximum absolute atomic E-state index is 15.2. The molecule has 1 spiro atoms. The lowest BCUT2D eigenvalue weighted by Crippen LogP contribution is -2.64. The number of hydrogen-bond acceptors (Lipinski definition) is 11. The zero-order valence-electron chi connectivity index (χ0n) is 55.9. The van der Waals surface area contributed by atoms with Crippen LogP contribution in [0.5, 0.6) is 0 Å². The number of hydrogen-bond donors (Lipinski definition) is 4. The summed E-state index contributed by atoms with van der Waals surface area (Å²) < 4.78 is 41.4. The maximum Gasteiger partial charge on any atom is 0.417 e. The smallest absolute Gasteiger partial charge is 0.351 e. The van der Waals surface area contributed by atoms with Crippen molar-refractivity contribution in [2.45, 2.75) is 223 Å². The molecular weight excluding hydrogens is 1220 g/mol. The van der Waals surface area contributed by atoms with Gasteiger partial charge in [-0.15, -0.1) is 0 Å². The van der Waals surface area contributed by atoms with E-state index in [0.717, 1.165) is 66.9 Å². The summed E-state index contributed by atoms with van der Waals surface area (Å²) in [7, 11) is 8.66. The van der Waals surface area contributed by atoms with Crippen molar-refractivity contribution in [2.24, 2.45) is 23.7 Å². The predicted octanol–water partition coefficient (Wildman–Crippen LogP) is 5.70. The highest BCUT2D eigenvalue weighted by Gasteiger charge is 2.50. The molecule has 22 nitrogen and oxygen atoms in total. The van der Waals surface area contributed by atoms with Crippen LogP contribution in [0.1, 0.15) is 174 Å². The molecule has 26 heteroatoms. The van der Waals surface area contributed by atoms with E-state index < -0.39 is 155 Å². The summed E-state index contributed by atoms with van der Waals surface area (Å²) in [6.45, 7) is 7.54. The third-order valence-electron chi connectivity index (χ3n) is 19.8. The van der Waals surface area contributed by atoms with E-state index in [9.17, 15) is 56.3 Å². The van der Waals surface area contributed by atoms with E-state index in [4.69, 9.17) is 11.6 Å². The van der Waals surface area contributed by atoms with Gasteiger partial charge < -0.3 is 55.6 Å². The van der Waals surface area contributed by atoms with Crippen molar-refractivity contribution >= 4 is 76.6 Å². The molecular formula is C66H101ClF3N11O11. The Morgan fingerprint density at radius 3 is 1.86 bits per heavy atom. The lowest BCUT2D eigenvalue weighted by atomic mass is 9.84. The summed E-state index contributed by atoms with van der Waals surface area (Å²) in [5, 5.41) is 11.1. The van der Waals surface area contributed by atoms with Crippen molar-refractivity contribution in [2.75, 3.05) is 68.5 Å². The summed E-state index contributed by atoms with van der Waals surface area (Å²) in [5.74, 6) is -7.37. The molecule has 1 aromatic rings. The normalized spacial score (nSPS) is 27.0. The van der Waals surface area contributed by atoms with E-state index in [-0.39, 0.29) is 75.7 Å². The molecule has 0 radical (unpaired) electrons. The highest BCUT2D eigenvalue weighted by molar-refractivity contribution is 6.31. The zero-order valence-corrected chi connectivity index (χ0v) is 56.6. The van der Waals surface area contributed by atoms with E-state index in [1.54, 1.807) is 20.9 Å². The molecule has 5 fully saturated rings. The van der Waals surface area contributed by atoms with Gasteiger partial charge in [0.15, 0.2) is 0 Å². The van der Waals surface area contributed by atoms with Crippen LogP contribution in [0, 0.1) is 23.7 Å².